The predicted octanol–water partition coefficient (Wildman–Crippen LogP) is 1.05. The van der Waals surface area contributed by atoms with Gasteiger partial charge >= 0.3 is 0 Å². The summed E-state index contributed by atoms with van der Waals surface area (Å²) < 4.78 is 0. The lowest BCUT2D eigenvalue weighted by molar-refractivity contribution is 0.199. The van der Waals surface area contributed by atoms with E-state index in [1.165, 1.54) is 0 Å². The third kappa shape index (κ3) is 2.87. The van der Waals surface area contributed by atoms with Crippen molar-refractivity contribution in [1.29, 1.82) is 0 Å². The summed E-state index contributed by atoms with van der Waals surface area (Å²) in [5.74, 6) is 0. The number of hydrogen-bond acceptors (Lipinski definition) is 4. The molecule has 0 aliphatic carbocycles. The molecule has 0 amide bonds. The maximum absolute atomic E-state index is 5.95. The quantitative estimate of drug-likeness (QED) is 0.819. The molecule has 2 heterocycles. The Labute approximate surface area is 94.5 Å². The first-order valence-corrected chi connectivity index (χ1v) is 5.57. The number of nitrogens with two attached hydrogens (primary N) is 1. The average molecular weight is 227 g/mol. The molecule has 1 aliphatic heterocycles. The molecule has 1 fully saturated rings. The van der Waals surface area contributed by atoms with E-state index in [4.69, 9.17) is 17.3 Å². The third-order valence-electron chi connectivity index (χ3n) is 2.64. The molecule has 0 radical (unpaired) electrons. The van der Waals surface area contributed by atoms with Crippen LogP contribution in [-0.4, -0.2) is 34.0 Å². The van der Waals surface area contributed by atoms with E-state index >= 15 is 0 Å². The first kappa shape index (κ1) is 10.8. The first-order chi connectivity index (χ1) is 7.25. The molecule has 0 aromatic carbocycles. The fourth-order valence-corrected chi connectivity index (χ4v) is 2.07. The summed E-state index contributed by atoms with van der Waals surface area (Å²) in [6, 6.07) is 0.286. The monoisotopic (exact) mass is 226 g/mol. The molecule has 82 valence electrons. The van der Waals surface area contributed by atoms with Gasteiger partial charge in [0.1, 0.15) is 0 Å². The summed E-state index contributed by atoms with van der Waals surface area (Å²) in [6.07, 6.45) is 5.54. The van der Waals surface area contributed by atoms with Gasteiger partial charge in [-0.1, -0.05) is 11.6 Å². The minimum Gasteiger partial charge on any atom is -0.327 e. The minimum absolute atomic E-state index is 0.286. The van der Waals surface area contributed by atoms with Crippen LogP contribution < -0.4 is 5.73 Å². The van der Waals surface area contributed by atoms with Crippen LogP contribution in [0.15, 0.2) is 12.4 Å². The molecule has 0 bridgehead atoms. The van der Waals surface area contributed by atoms with Crippen molar-refractivity contribution in [2.24, 2.45) is 5.73 Å². The molecule has 1 aromatic heterocycles. The Balaban J connectivity index is 1.99. The maximum Gasteiger partial charge on any atom is 0.151 e. The highest BCUT2D eigenvalue weighted by molar-refractivity contribution is 6.29. The van der Waals surface area contributed by atoms with Gasteiger partial charge in [-0.15, -0.1) is 0 Å². The van der Waals surface area contributed by atoms with Crippen LogP contribution in [-0.2, 0) is 6.54 Å². The molecule has 0 saturated carbocycles. The number of likely N-dealkylation sites (tertiary alicyclic amines) is 1. The largest absolute Gasteiger partial charge is 0.327 e. The molecule has 1 atom stereocenters. The molecule has 4 nitrogen and oxygen atoms in total. The number of rotatable bonds is 2. The lowest BCUT2D eigenvalue weighted by Crippen LogP contribution is -2.42. The SMILES string of the molecule is N[C@H]1CCCN(Cc2nccnc2Cl)C1. The van der Waals surface area contributed by atoms with Crippen LogP contribution in [0.1, 0.15) is 18.5 Å². The van der Waals surface area contributed by atoms with Crippen molar-refractivity contribution in [3.63, 3.8) is 0 Å². The average Bonchev–Trinajstić information content (AvgIpc) is 2.22. The fraction of sp³-hybridized carbons (Fsp3) is 0.600. The van der Waals surface area contributed by atoms with Gasteiger partial charge in [0, 0.05) is 31.5 Å². The van der Waals surface area contributed by atoms with Gasteiger partial charge in [-0.3, -0.25) is 9.88 Å². The predicted molar refractivity (Wildman–Crippen MR) is 59.5 cm³/mol. The Bertz CT molecular complexity index is 331. The van der Waals surface area contributed by atoms with E-state index < -0.39 is 0 Å². The van der Waals surface area contributed by atoms with Crippen LogP contribution in [0.25, 0.3) is 0 Å². The standard InChI is InChI=1S/C10H15ClN4/c11-10-9(13-3-4-14-10)7-15-5-1-2-8(12)6-15/h3-4,8H,1-2,5-7,12H2/t8-/m0/s1. The summed E-state index contributed by atoms with van der Waals surface area (Å²) in [5, 5.41) is 0.497. The Hall–Kier alpha value is -0.710. The fourth-order valence-electron chi connectivity index (χ4n) is 1.90. The molecule has 0 unspecified atom stereocenters. The molecule has 5 heteroatoms. The van der Waals surface area contributed by atoms with E-state index in [-0.39, 0.29) is 6.04 Å². The zero-order valence-corrected chi connectivity index (χ0v) is 9.32. The van der Waals surface area contributed by atoms with Gasteiger partial charge in [0.05, 0.1) is 5.69 Å². The van der Waals surface area contributed by atoms with Crippen molar-refractivity contribution in [2.45, 2.75) is 25.4 Å². The van der Waals surface area contributed by atoms with Gasteiger partial charge in [0.2, 0.25) is 0 Å². The highest BCUT2D eigenvalue weighted by Gasteiger charge is 2.17. The van der Waals surface area contributed by atoms with Crippen LogP contribution in [0.2, 0.25) is 5.15 Å². The minimum atomic E-state index is 0.286. The van der Waals surface area contributed by atoms with Gasteiger partial charge in [-0.25, -0.2) is 4.98 Å². The van der Waals surface area contributed by atoms with Crippen molar-refractivity contribution < 1.29 is 0 Å². The normalized spacial score (nSPS) is 22.9. The molecule has 15 heavy (non-hydrogen) atoms. The summed E-state index contributed by atoms with van der Waals surface area (Å²) in [7, 11) is 0. The maximum atomic E-state index is 5.95. The second kappa shape index (κ2) is 4.88. The van der Waals surface area contributed by atoms with E-state index in [2.05, 4.69) is 14.9 Å². The van der Waals surface area contributed by atoms with Crippen molar-refractivity contribution in [2.75, 3.05) is 13.1 Å². The second-order valence-electron chi connectivity index (χ2n) is 3.93. The molecule has 1 saturated heterocycles. The van der Waals surface area contributed by atoms with Gasteiger partial charge in [0.15, 0.2) is 5.15 Å². The van der Waals surface area contributed by atoms with Crippen LogP contribution in [0.3, 0.4) is 0 Å². The summed E-state index contributed by atoms with van der Waals surface area (Å²) >= 11 is 5.95. The molecular weight excluding hydrogens is 212 g/mol. The molecule has 0 spiro atoms. The molecule has 2 N–H and O–H groups in total. The number of halogens is 1. The van der Waals surface area contributed by atoms with Crippen LogP contribution in [0.4, 0.5) is 0 Å². The summed E-state index contributed by atoms with van der Waals surface area (Å²) in [6.45, 7) is 2.74. The van der Waals surface area contributed by atoms with E-state index in [0.29, 0.717) is 5.15 Å². The van der Waals surface area contributed by atoms with Gasteiger partial charge in [0.25, 0.3) is 0 Å². The number of piperidine rings is 1. The van der Waals surface area contributed by atoms with Crippen LogP contribution >= 0.6 is 11.6 Å². The topological polar surface area (TPSA) is 55.0 Å². The Morgan fingerprint density at radius 1 is 1.47 bits per heavy atom. The highest BCUT2D eigenvalue weighted by atomic mass is 35.5. The smallest absolute Gasteiger partial charge is 0.151 e. The molecule has 1 aromatic rings. The second-order valence-corrected chi connectivity index (χ2v) is 4.29. The molecular formula is C10H15ClN4. The van der Waals surface area contributed by atoms with Gasteiger partial charge in [-0.2, -0.15) is 0 Å². The third-order valence-corrected chi connectivity index (χ3v) is 2.95. The van der Waals surface area contributed by atoms with Gasteiger partial charge in [-0.05, 0) is 19.4 Å². The Morgan fingerprint density at radius 2 is 2.27 bits per heavy atom. The Morgan fingerprint density at radius 3 is 3.00 bits per heavy atom. The van der Waals surface area contributed by atoms with E-state index in [0.717, 1.165) is 38.2 Å². The number of aromatic nitrogens is 2. The molecule has 1 aliphatic rings. The lowest BCUT2D eigenvalue weighted by atomic mass is 10.1. The number of hydrogen-bond donors (Lipinski definition) is 1. The van der Waals surface area contributed by atoms with E-state index in [9.17, 15) is 0 Å². The zero-order valence-electron chi connectivity index (χ0n) is 8.56. The van der Waals surface area contributed by atoms with Gasteiger partial charge < -0.3 is 5.73 Å². The van der Waals surface area contributed by atoms with E-state index in [1.54, 1.807) is 12.4 Å². The summed E-state index contributed by atoms with van der Waals surface area (Å²) in [4.78, 5) is 10.5. The van der Waals surface area contributed by atoms with Crippen molar-refractivity contribution in [3.05, 3.63) is 23.2 Å². The lowest BCUT2D eigenvalue weighted by Gasteiger charge is -2.30. The van der Waals surface area contributed by atoms with Crippen LogP contribution in [0, 0.1) is 0 Å². The number of nitrogens with zero attached hydrogens (tertiary/aromatic N) is 3. The zero-order chi connectivity index (χ0) is 10.7. The van der Waals surface area contributed by atoms with Crippen molar-refractivity contribution in [3.8, 4) is 0 Å². The summed E-state index contributed by atoms with van der Waals surface area (Å²) in [5.41, 5.74) is 6.75. The molecule has 2 rings (SSSR count). The van der Waals surface area contributed by atoms with Crippen LogP contribution in [0.5, 0.6) is 0 Å². The highest BCUT2D eigenvalue weighted by Crippen LogP contribution is 2.15. The van der Waals surface area contributed by atoms with E-state index in [1.807, 2.05) is 0 Å². The van der Waals surface area contributed by atoms with Crippen molar-refractivity contribution >= 4 is 11.6 Å². The Kier molecular flexibility index (Phi) is 3.51. The van der Waals surface area contributed by atoms with Crippen molar-refractivity contribution in [1.82, 2.24) is 14.9 Å². The first-order valence-electron chi connectivity index (χ1n) is 5.19.